The van der Waals surface area contributed by atoms with Gasteiger partial charge >= 0.3 is 5.97 Å². The minimum absolute atomic E-state index is 0.0572. The number of phenolic OH excluding ortho intramolecular Hbond substituents is 2. The zero-order valence-corrected chi connectivity index (χ0v) is 21.3. The fourth-order valence-electron chi connectivity index (χ4n) is 4.39. The largest absolute Gasteiger partial charge is 0.507 e. The van der Waals surface area contributed by atoms with Gasteiger partial charge in [-0.2, -0.15) is 0 Å². The van der Waals surface area contributed by atoms with Crippen LogP contribution in [0.5, 0.6) is 17.2 Å². The summed E-state index contributed by atoms with van der Waals surface area (Å²) in [5, 5.41) is 32.4. The average molecular weight is 514 g/mol. The van der Waals surface area contributed by atoms with Gasteiger partial charge in [-0.05, 0) is 38.7 Å². The number of likely N-dealkylation sites (tertiary alicyclic amines) is 1. The monoisotopic (exact) mass is 513 g/mol. The van der Waals surface area contributed by atoms with Crippen molar-refractivity contribution in [2.45, 2.75) is 64.5 Å². The Morgan fingerprint density at radius 2 is 1.89 bits per heavy atom. The van der Waals surface area contributed by atoms with Gasteiger partial charge in [0.1, 0.15) is 17.4 Å². The molecule has 1 aromatic rings. The van der Waals surface area contributed by atoms with Crippen molar-refractivity contribution < 1.29 is 34.1 Å². The SMILES string of the molecule is CC(=O)N[C@H]1/C=C/C[C@@H](C)OC(=O)c2c(O)cc(O)c(OCC(=O)N3CCCCC3)c2CC(=N)/C=C/C1. The Kier molecular flexibility index (Phi) is 9.71. The van der Waals surface area contributed by atoms with Crippen LogP contribution in [0.25, 0.3) is 0 Å². The number of carbonyl (C=O) groups is 3. The summed E-state index contributed by atoms with van der Waals surface area (Å²) < 4.78 is 11.3. The molecule has 3 rings (SSSR count). The van der Waals surface area contributed by atoms with Gasteiger partial charge in [0.05, 0.1) is 6.04 Å². The van der Waals surface area contributed by atoms with Crippen molar-refractivity contribution in [2.24, 2.45) is 0 Å². The van der Waals surface area contributed by atoms with E-state index in [9.17, 15) is 24.6 Å². The van der Waals surface area contributed by atoms with Crippen LogP contribution in [-0.2, 0) is 20.7 Å². The summed E-state index contributed by atoms with van der Waals surface area (Å²) in [5.41, 5.74) is -0.107. The van der Waals surface area contributed by atoms with E-state index in [1.54, 1.807) is 30.1 Å². The van der Waals surface area contributed by atoms with E-state index >= 15 is 0 Å². The molecule has 0 saturated carbocycles. The number of nitrogens with one attached hydrogen (secondary N) is 2. The number of cyclic esters (lactones) is 1. The van der Waals surface area contributed by atoms with Gasteiger partial charge in [0.15, 0.2) is 18.1 Å². The number of hydrogen-bond acceptors (Lipinski definition) is 8. The zero-order valence-electron chi connectivity index (χ0n) is 21.3. The third-order valence-electron chi connectivity index (χ3n) is 6.20. The highest BCUT2D eigenvalue weighted by molar-refractivity contribution is 6.00. The van der Waals surface area contributed by atoms with Gasteiger partial charge in [-0.3, -0.25) is 9.59 Å². The molecule has 2 aliphatic heterocycles. The van der Waals surface area contributed by atoms with E-state index in [1.807, 2.05) is 0 Å². The first-order valence-electron chi connectivity index (χ1n) is 12.5. The van der Waals surface area contributed by atoms with Crippen molar-refractivity contribution in [3.63, 3.8) is 0 Å². The van der Waals surface area contributed by atoms with Crippen molar-refractivity contribution in [1.29, 1.82) is 5.41 Å². The van der Waals surface area contributed by atoms with Crippen LogP contribution in [0.3, 0.4) is 0 Å². The molecular formula is C27H35N3O7. The highest BCUT2D eigenvalue weighted by Gasteiger charge is 2.28. The highest BCUT2D eigenvalue weighted by atomic mass is 16.5. The van der Waals surface area contributed by atoms with Gasteiger partial charge in [0.25, 0.3) is 5.91 Å². The molecule has 2 aliphatic rings. The van der Waals surface area contributed by atoms with E-state index in [2.05, 4.69) is 5.32 Å². The smallest absolute Gasteiger partial charge is 0.342 e. The summed E-state index contributed by atoms with van der Waals surface area (Å²) >= 11 is 0. The second-order valence-electron chi connectivity index (χ2n) is 9.35. The normalized spacial score (nSPS) is 22.7. The van der Waals surface area contributed by atoms with E-state index < -0.39 is 23.6 Å². The molecule has 1 aromatic carbocycles. The fourth-order valence-corrected chi connectivity index (χ4v) is 4.39. The number of allylic oxidation sites excluding steroid dienone is 1. The van der Waals surface area contributed by atoms with Gasteiger partial charge in [0.2, 0.25) is 5.91 Å². The summed E-state index contributed by atoms with van der Waals surface area (Å²) in [6.07, 6.45) is 9.79. The maximum atomic E-state index is 13.1. The predicted molar refractivity (Wildman–Crippen MR) is 137 cm³/mol. The number of fused-ring (bicyclic) bond motifs is 1. The van der Waals surface area contributed by atoms with Crippen LogP contribution in [-0.4, -0.2) is 70.5 Å². The van der Waals surface area contributed by atoms with Crippen LogP contribution in [0, 0.1) is 5.41 Å². The molecule has 0 unspecified atom stereocenters. The van der Waals surface area contributed by atoms with E-state index in [0.29, 0.717) is 25.9 Å². The molecule has 0 radical (unpaired) electrons. The lowest BCUT2D eigenvalue weighted by Gasteiger charge is -2.27. The number of hydrogen-bond donors (Lipinski definition) is 4. The summed E-state index contributed by atoms with van der Waals surface area (Å²) in [6, 6.07) is 0.680. The van der Waals surface area contributed by atoms with Gasteiger partial charge in [0, 0.05) is 50.2 Å². The molecule has 1 saturated heterocycles. The third kappa shape index (κ3) is 7.83. The first-order valence-corrected chi connectivity index (χ1v) is 12.5. The third-order valence-corrected chi connectivity index (χ3v) is 6.20. The van der Waals surface area contributed by atoms with Gasteiger partial charge in [-0.25, -0.2) is 4.79 Å². The quantitative estimate of drug-likeness (QED) is 0.357. The Morgan fingerprint density at radius 3 is 2.59 bits per heavy atom. The molecule has 0 aromatic heterocycles. The number of aromatic hydroxyl groups is 2. The van der Waals surface area contributed by atoms with Crippen molar-refractivity contribution in [2.75, 3.05) is 19.7 Å². The molecule has 2 atom stereocenters. The van der Waals surface area contributed by atoms with Crippen LogP contribution >= 0.6 is 0 Å². The summed E-state index contributed by atoms with van der Waals surface area (Å²) in [5.74, 6) is -2.39. The Labute approximate surface area is 216 Å². The number of ether oxygens (including phenoxy) is 2. The number of amides is 2. The molecule has 37 heavy (non-hydrogen) atoms. The van der Waals surface area contributed by atoms with E-state index in [1.165, 1.54) is 13.0 Å². The number of phenols is 2. The van der Waals surface area contributed by atoms with Crippen molar-refractivity contribution in [3.8, 4) is 17.2 Å². The van der Waals surface area contributed by atoms with Crippen LogP contribution in [0.4, 0.5) is 0 Å². The Hall–Kier alpha value is -3.82. The lowest BCUT2D eigenvalue weighted by Crippen LogP contribution is -2.38. The van der Waals surface area contributed by atoms with Gasteiger partial charge in [-0.1, -0.05) is 18.2 Å². The first-order chi connectivity index (χ1) is 17.7. The molecule has 10 nitrogen and oxygen atoms in total. The Bertz CT molecular complexity index is 1090. The van der Waals surface area contributed by atoms with E-state index in [0.717, 1.165) is 25.3 Å². The summed E-state index contributed by atoms with van der Waals surface area (Å²) in [4.78, 5) is 39.0. The molecule has 2 heterocycles. The van der Waals surface area contributed by atoms with Crippen molar-refractivity contribution in [3.05, 3.63) is 41.5 Å². The highest BCUT2D eigenvalue weighted by Crippen LogP contribution is 2.40. The number of piperidine rings is 1. The van der Waals surface area contributed by atoms with Gasteiger partial charge in [-0.15, -0.1) is 0 Å². The lowest BCUT2D eigenvalue weighted by molar-refractivity contribution is -0.134. The average Bonchev–Trinajstić information content (AvgIpc) is 2.83. The van der Waals surface area contributed by atoms with Crippen LogP contribution in [0.15, 0.2) is 30.4 Å². The predicted octanol–water partition coefficient (Wildman–Crippen LogP) is 3.01. The molecule has 0 spiro atoms. The van der Waals surface area contributed by atoms with Crippen molar-refractivity contribution >= 4 is 23.5 Å². The van der Waals surface area contributed by atoms with Crippen LogP contribution < -0.4 is 10.1 Å². The van der Waals surface area contributed by atoms with Crippen LogP contribution in [0.2, 0.25) is 0 Å². The number of benzene rings is 1. The zero-order chi connectivity index (χ0) is 26.9. The van der Waals surface area contributed by atoms with E-state index in [-0.39, 0.29) is 53.5 Å². The Balaban J connectivity index is 1.93. The molecule has 1 fully saturated rings. The molecule has 10 heteroatoms. The Morgan fingerprint density at radius 1 is 1.16 bits per heavy atom. The summed E-state index contributed by atoms with van der Waals surface area (Å²) in [7, 11) is 0. The molecule has 2 amide bonds. The minimum Gasteiger partial charge on any atom is -0.507 e. The molecule has 0 bridgehead atoms. The number of rotatable bonds is 4. The molecule has 4 N–H and O–H groups in total. The second-order valence-corrected chi connectivity index (χ2v) is 9.35. The molecule has 200 valence electrons. The van der Waals surface area contributed by atoms with Crippen LogP contribution in [0.1, 0.15) is 61.9 Å². The van der Waals surface area contributed by atoms with Crippen molar-refractivity contribution in [1.82, 2.24) is 10.2 Å². The summed E-state index contributed by atoms with van der Waals surface area (Å²) in [6.45, 7) is 4.02. The molecular weight excluding hydrogens is 478 g/mol. The maximum Gasteiger partial charge on any atom is 0.342 e. The number of carbonyl (C=O) groups excluding carboxylic acids is 3. The number of esters is 1. The first kappa shape index (κ1) is 27.8. The van der Waals surface area contributed by atoms with E-state index in [4.69, 9.17) is 14.9 Å². The van der Waals surface area contributed by atoms with Gasteiger partial charge < -0.3 is 35.3 Å². The standard InChI is InChI=1S/C27H35N3O7/c1-17-8-6-10-20(29-18(2)31)11-7-9-19(28)14-21-25(27(35)37-17)22(32)15-23(33)26(21)36-16-24(34)30-12-4-3-5-13-30/h6-7,9-10,15,17,20,28,32-33H,3-5,8,11-14,16H2,1-2H3,(H,29,31)/b9-7+,10-6+,28-19?/t17-,20+/m1/s1. The maximum absolute atomic E-state index is 13.1. The minimum atomic E-state index is -0.840. The second kappa shape index (κ2) is 12.9. The topological polar surface area (TPSA) is 149 Å². The number of nitrogens with zero attached hydrogens (tertiary/aromatic N) is 1. The molecule has 0 aliphatic carbocycles. The fraction of sp³-hybridized carbons (Fsp3) is 0.481. The lowest BCUT2D eigenvalue weighted by atomic mass is 9.98.